The van der Waals surface area contributed by atoms with Crippen molar-refractivity contribution in [2.24, 2.45) is 4.99 Å². The Kier molecular flexibility index (Phi) is 25.0. The molecule has 0 spiro atoms. The minimum atomic E-state index is 0.715. The molecular weight excluding hydrogens is 636 g/mol. The van der Waals surface area contributed by atoms with Gasteiger partial charge in [-0.05, 0) is 18.2 Å². The quantitative estimate of drug-likeness (QED) is 0.251. The lowest BCUT2D eigenvalue weighted by atomic mass is 10.2. The monoisotopic (exact) mass is 678 g/mol. The van der Waals surface area contributed by atoms with Crippen molar-refractivity contribution in [1.82, 2.24) is 46.5 Å². The first-order chi connectivity index (χ1) is 24.4. The van der Waals surface area contributed by atoms with Crippen molar-refractivity contribution in [3.05, 3.63) is 117 Å². The second-order valence-electron chi connectivity index (χ2n) is 8.78. The molecule has 0 aliphatic carbocycles. The van der Waals surface area contributed by atoms with Crippen LogP contribution in [0.25, 0.3) is 10.9 Å². The van der Waals surface area contributed by atoms with Crippen molar-refractivity contribution in [2.75, 3.05) is 59.3 Å². The van der Waals surface area contributed by atoms with Crippen molar-refractivity contribution < 1.29 is 32.2 Å². The summed E-state index contributed by atoms with van der Waals surface area (Å²) in [5, 5.41) is 23.5. The topological polar surface area (TPSA) is 207 Å². The van der Waals surface area contributed by atoms with Crippen LogP contribution in [-0.4, -0.2) is 102 Å². The normalized spacial score (nSPS) is 13.3. The number of ether oxygens (including phenoxy) is 3. The number of hydrogen-bond donors (Lipinski definition) is 2. The minimum Gasteiger partial charge on any atom is -0.482 e. The number of morpholine rings is 1. The molecule has 1 aromatic carbocycles. The molecule has 3 aliphatic rings. The van der Waals surface area contributed by atoms with E-state index in [0.29, 0.717) is 6.42 Å². The molecule has 17 heteroatoms. The maximum absolute atomic E-state index is 5.01. The molecule has 0 saturated carbocycles. The number of aliphatic imine (C=N–C) groups is 1. The average Bonchev–Trinajstić information content (AvgIpc) is 4.05. The largest absolute Gasteiger partial charge is 0.482 e. The highest BCUT2D eigenvalue weighted by molar-refractivity contribution is 5.77. The van der Waals surface area contributed by atoms with E-state index in [9.17, 15) is 0 Å². The van der Waals surface area contributed by atoms with Crippen LogP contribution in [0.4, 0.5) is 0 Å². The number of hydrogen-bond acceptors (Lipinski definition) is 17. The summed E-state index contributed by atoms with van der Waals surface area (Å²) in [6, 6.07) is 13.8. The lowest BCUT2D eigenvalue weighted by Gasteiger charge is -2.10. The molecule has 5 aromatic heterocycles. The Bertz CT molecular complexity index is 1280. The van der Waals surface area contributed by atoms with E-state index in [1.807, 2.05) is 30.5 Å². The van der Waals surface area contributed by atoms with Crippen LogP contribution < -0.4 is 10.6 Å². The molecule has 2 N–H and O–H groups in total. The van der Waals surface area contributed by atoms with Gasteiger partial charge in [-0.15, -0.1) is 16.8 Å². The summed E-state index contributed by atoms with van der Waals surface area (Å²) in [5.41, 5.74) is 1.06. The van der Waals surface area contributed by atoms with Gasteiger partial charge in [0.25, 0.3) is 0 Å². The number of allylic oxidation sites excluding steroid dienone is 1. The van der Waals surface area contributed by atoms with Crippen molar-refractivity contribution in [3.63, 3.8) is 0 Å². The van der Waals surface area contributed by atoms with Crippen LogP contribution in [0.3, 0.4) is 0 Å². The lowest BCUT2D eigenvalue weighted by Crippen LogP contribution is -2.30. The first-order valence-corrected chi connectivity index (χ1v) is 15.1. The third-order valence-electron chi connectivity index (χ3n) is 5.19. The SMILES string of the molecule is C1=NCCO1.C1COCCN1.C1COCN1.C=CCc1ncco1.c1ccc2ncccc2c1.c1cnoc1.c1conn1.c1conn1. The van der Waals surface area contributed by atoms with Gasteiger partial charge in [-0.1, -0.05) is 35.5 Å². The van der Waals surface area contributed by atoms with Crippen LogP contribution in [-0.2, 0) is 20.6 Å². The molecular formula is C32H42N10O7. The van der Waals surface area contributed by atoms with Crippen molar-refractivity contribution in [2.45, 2.75) is 6.42 Å². The Hall–Kier alpha value is -5.62. The number of nitrogens with zero attached hydrogens (tertiary/aromatic N) is 8. The molecule has 0 amide bonds. The van der Waals surface area contributed by atoms with Crippen LogP contribution in [0.2, 0.25) is 0 Å². The predicted molar refractivity (Wildman–Crippen MR) is 179 cm³/mol. The number of aromatic nitrogens is 7. The minimum absolute atomic E-state index is 0.715. The highest BCUT2D eigenvalue weighted by Gasteiger charge is 1.93. The summed E-state index contributed by atoms with van der Waals surface area (Å²) in [7, 11) is 0. The van der Waals surface area contributed by atoms with Gasteiger partial charge >= 0.3 is 0 Å². The van der Waals surface area contributed by atoms with Crippen LogP contribution in [0, 0.1) is 0 Å². The van der Waals surface area contributed by atoms with E-state index in [1.165, 1.54) is 43.0 Å². The van der Waals surface area contributed by atoms with Gasteiger partial charge < -0.3 is 37.5 Å². The standard InChI is InChI=1S/C9H7N.C6H7NO.C4H9NO.C3H7NO.C3H5NO.C3H3NO.2C2H2N2O/c1-2-6-9-8(4-1)5-3-7-10-9;1-2-3-6-7-4-5-8-6;1-3-6-4-2-5-1;2*1-2-5-3-4-1;1-2-4-5-3-1;2*1-2-5-4-3-1/h1-7H;2,4-5H,1,3H2;5H,1-4H2;4H,1-3H2;3H,1-2H2;1-3H;2*1-2H. The van der Waals surface area contributed by atoms with Gasteiger partial charge in [0.15, 0.2) is 12.3 Å². The Morgan fingerprint density at radius 3 is 1.82 bits per heavy atom. The van der Waals surface area contributed by atoms with Gasteiger partial charge in [-0.25, -0.2) is 4.98 Å². The van der Waals surface area contributed by atoms with Gasteiger partial charge in [-0.3, -0.25) is 15.3 Å². The van der Waals surface area contributed by atoms with Gasteiger partial charge in [-0.2, -0.15) is 0 Å². The van der Waals surface area contributed by atoms with E-state index in [0.717, 1.165) is 70.7 Å². The first kappa shape index (κ1) is 39.6. The van der Waals surface area contributed by atoms with E-state index in [1.54, 1.807) is 30.8 Å². The Balaban J connectivity index is 0.000000197. The zero-order valence-corrected chi connectivity index (χ0v) is 27.1. The van der Waals surface area contributed by atoms with E-state index in [2.05, 4.69) is 88.5 Å². The van der Waals surface area contributed by atoms with Crippen LogP contribution in [0.1, 0.15) is 5.89 Å². The zero-order chi connectivity index (χ0) is 34.6. The lowest BCUT2D eigenvalue weighted by molar-refractivity contribution is 0.109. The second-order valence-corrected chi connectivity index (χ2v) is 8.78. The van der Waals surface area contributed by atoms with Crippen LogP contribution in [0.5, 0.6) is 0 Å². The molecule has 17 nitrogen and oxygen atoms in total. The van der Waals surface area contributed by atoms with E-state index in [4.69, 9.17) is 13.9 Å². The predicted octanol–water partition coefficient (Wildman–Crippen LogP) is 3.67. The maximum Gasteiger partial charge on any atom is 0.197 e. The third kappa shape index (κ3) is 24.3. The third-order valence-corrected chi connectivity index (χ3v) is 5.19. The Morgan fingerprint density at radius 1 is 0.694 bits per heavy atom. The molecule has 0 bridgehead atoms. The molecule has 9 rings (SSSR count). The summed E-state index contributed by atoms with van der Waals surface area (Å²) in [6.45, 7) is 11.7. The molecule has 0 atom stereocenters. The van der Waals surface area contributed by atoms with Crippen LogP contribution in [0.15, 0.2) is 134 Å². The summed E-state index contributed by atoms with van der Waals surface area (Å²) >= 11 is 0. The fourth-order valence-electron chi connectivity index (χ4n) is 3.08. The van der Waals surface area contributed by atoms with Gasteiger partial charge in [0.2, 0.25) is 0 Å². The molecule has 262 valence electrons. The molecule has 0 unspecified atom stereocenters. The maximum atomic E-state index is 5.01. The highest BCUT2D eigenvalue weighted by Crippen LogP contribution is 2.07. The molecule has 6 aromatic rings. The highest BCUT2D eigenvalue weighted by atomic mass is 16.5. The fourth-order valence-corrected chi connectivity index (χ4v) is 3.08. The number of benzene rings is 1. The average molecular weight is 679 g/mol. The molecule has 2 saturated heterocycles. The number of para-hydroxylation sites is 1. The number of oxazole rings is 1. The Labute approximate surface area is 283 Å². The molecule has 8 heterocycles. The van der Waals surface area contributed by atoms with E-state index < -0.39 is 0 Å². The van der Waals surface area contributed by atoms with E-state index in [-0.39, 0.29) is 0 Å². The number of nitrogens with one attached hydrogen (secondary N) is 2. The van der Waals surface area contributed by atoms with Crippen molar-refractivity contribution in [3.8, 4) is 0 Å². The summed E-state index contributed by atoms with van der Waals surface area (Å²) in [6.07, 6.45) is 17.8. The van der Waals surface area contributed by atoms with E-state index >= 15 is 0 Å². The summed E-state index contributed by atoms with van der Waals surface area (Å²) in [5.74, 6) is 0.722. The van der Waals surface area contributed by atoms with Crippen molar-refractivity contribution >= 4 is 17.3 Å². The molecule has 3 aliphatic heterocycles. The van der Waals surface area contributed by atoms with Crippen molar-refractivity contribution in [1.29, 1.82) is 0 Å². The number of fused-ring (bicyclic) bond motifs is 1. The molecule has 0 radical (unpaired) electrons. The smallest absolute Gasteiger partial charge is 0.197 e. The van der Waals surface area contributed by atoms with Gasteiger partial charge in [0, 0.05) is 48.2 Å². The summed E-state index contributed by atoms with van der Waals surface area (Å²) < 4.78 is 32.2. The second kappa shape index (κ2) is 31.0. The Morgan fingerprint density at radius 2 is 1.45 bits per heavy atom. The van der Waals surface area contributed by atoms with Crippen LogP contribution >= 0.6 is 0 Å². The first-order valence-electron chi connectivity index (χ1n) is 15.1. The summed E-state index contributed by atoms with van der Waals surface area (Å²) in [4.78, 5) is 11.8. The van der Waals surface area contributed by atoms with Gasteiger partial charge in [0.05, 0.1) is 63.4 Å². The van der Waals surface area contributed by atoms with Gasteiger partial charge in [0.1, 0.15) is 31.7 Å². The number of pyridine rings is 1. The zero-order valence-electron chi connectivity index (χ0n) is 27.1. The molecule has 2 fully saturated rings. The molecule has 49 heavy (non-hydrogen) atoms. The number of rotatable bonds is 2. The fraction of sp³-hybridized carbons (Fsp3) is 0.312.